The number of benzene rings is 1. The van der Waals surface area contributed by atoms with Gasteiger partial charge in [0.05, 0.1) is 30.2 Å². The van der Waals surface area contributed by atoms with Crippen molar-refractivity contribution in [3.63, 3.8) is 0 Å². The fourth-order valence-electron chi connectivity index (χ4n) is 3.05. The molecule has 2 aromatic rings. The monoisotopic (exact) mass is 424 g/mol. The fourth-order valence-corrected chi connectivity index (χ4v) is 3.05. The van der Waals surface area contributed by atoms with Crippen LogP contribution in [0.15, 0.2) is 63.7 Å². The molecule has 1 aliphatic rings. The number of rotatable bonds is 6. The Morgan fingerprint density at radius 2 is 1.97 bits per heavy atom. The van der Waals surface area contributed by atoms with E-state index in [0.717, 1.165) is 0 Å². The van der Waals surface area contributed by atoms with Gasteiger partial charge in [0.2, 0.25) is 0 Å². The lowest BCUT2D eigenvalue weighted by molar-refractivity contribution is -0.137. The van der Waals surface area contributed by atoms with Crippen molar-refractivity contribution in [1.82, 2.24) is 9.88 Å². The van der Waals surface area contributed by atoms with Crippen LogP contribution in [0.4, 0.5) is 11.4 Å². The van der Waals surface area contributed by atoms with E-state index in [2.05, 4.69) is 15.6 Å². The minimum atomic E-state index is -0.607. The number of carbonyl (C=O) groups excluding carboxylic acids is 2. The van der Waals surface area contributed by atoms with Gasteiger partial charge in [0, 0.05) is 31.6 Å². The Bertz CT molecular complexity index is 1120. The Morgan fingerprint density at radius 1 is 1.19 bits per heavy atom. The zero-order valence-electron chi connectivity index (χ0n) is 17.6. The molecule has 31 heavy (non-hydrogen) atoms. The summed E-state index contributed by atoms with van der Waals surface area (Å²) in [6.07, 6.45) is 1.45. The molecule has 1 amide bonds. The van der Waals surface area contributed by atoms with Gasteiger partial charge in [0.1, 0.15) is 11.4 Å². The van der Waals surface area contributed by atoms with Crippen LogP contribution in [0.25, 0.3) is 0 Å². The van der Waals surface area contributed by atoms with E-state index in [9.17, 15) is 14.4 Å². The predicted molar refractivity (Wildman–Crippen MR) is 117 cm³/mol. The quantitative estimate of drug-likeness (QED) is 0.688. The van der Waals surface area contributed by atoms with Gasteiger partial charge in [0.15, 0.2) is 0 Å². The number of hydrogen-bond acceptors (Lipinski definition) is 7. The molecular formula is C22H24N4O5. The molecule has 0 saturated carbocycles. The molecule has 9 nitrogen and oxygen atoms in total. The Labute approximate surface area is 179 Å². The van der Waals surface area contributed by atoms with E-state index in [4.69, 9.17) is 9.47 Å². The number of nitrogens with one attached hydrogen (secondary N) is 2. The van der Waals surface area contributed by atoms with Crippen molar-refractivity contribution in [3.8, 4) is 0 Å². The highest BCUT2D eigenvalue weighted by atomic mass is 16.5. The van der Waals surface area contributed by atoms with Gasteiger partial charge in [-0.3, -0.25) is 9.59 Å². The first kappa shape index (κ1) is 22.0. The molecule has 3 rings (SSSR count). The lowest BCUT2D eigenvalue weighted by Gasteiger charge is -2.14. The average Bonchev–Trinajstić information content (AvgIpc) is 2.88. The summed E-state index contributed by atoms with van der Waals surface area (Å²) in [7, 11) is 1.53. The number of aromatic nitrogens is 1. The number of ether oxygens (including phenoxy) is 2. The van der Waals surface area contributed by atoms with Gasteiger partial charge in [-0.25, -0.2) is 9.79 Å². The molecule has 9 heteroatoms. The zero-order chi connectivity index (χ0) is 22.4. The second-order valence-electron chi connectivity index (χ2n) is 6.72. The lowest BCUT2D eigenvalue weighted by atomic mass is 10.1. The van der Waals surface area contributed by atoms with E-state index < -0.39 is 11.9 Å². The van der Waals surface area contributed by atoms with E-state index in [1.807, 2.05) is 12.1 Å². The summed E-state index contributed by atoms with van der Waals surface area (Å²) in [5, 5.41) is 5.85. The Hall–Kier alpha value is -3.72. The average molecular weight is 424 g/mol. The number of amidine groups is 1. The number of methoxy groups -OCH3 is 1. The fraction of sp³-hybridized carbons (Fsp3) is 0.273. The molecule has 0 aliphatic carbocycles. The molecule has 0 fully saturated rings. The van der Waals surface area contributed by atoms with Crippen LogP contribution in [0.2, 0.25) is 0 Å². The van der Waals surface area contributed by atoms with Crippen LogP contribution < -0.4 is 16.2 Å². The largest absolute Gasteiger partial charge is 0.462 e. The molecule has 0 spiro atoms. The Kier molecular flexibility index (Phi) is 6.99. The highest BCUT2D eigenvalue weighted by Crippen LogP contribution is 2.30. The maximum Gasteiger partial charge on any atom is 0.343 e. The number of hydrogen-bond donors (Lipinski definition) is 2. The third-order valence-electron chi connectivity index (χ3n) is 4.56. The van der Waals surface area contributed by atoms with Crippen molar-refractivity contribution in [2.75, 3.05) is 25.6 Å². The van der Waals surface area contributed by atoms with Gasteiger partial charge in [-0.1, -0.05) is 12.1 Å². The second-order valence-corrected chi connectivity index (χ2v) is 6.72. The number of amides is 1. The molecule has 2 N–H and O–H groups in total. The molecule has 0 bridgehead atoms. The lowest BCUT2D eigenvalue weighted by Crippen LogP contribution is -2.36. The number of aliphatic imine (C=N–C) groups is 1. The van der Waals surface area contributed by atoms with E-state index in [1.54, 1.807) is 26.0 Å². The van der Waals surface area contributed by atoms with E-state index in [0.29, 0.717) is 30.2 Å². The number of anilines is 1. The summed E-state index contributed by atoms with van der Waals surface area (Å²) >= 11 is 0. The van der Waals surface area contributed by atoms with Crippen LogP contribution >= 0.6 is 0 Å². The number of allylic oxidation sites excluding steroid dienone is 1. The minimum Gasteiger partial charge on any atom is -0.462 e. The maximum atomic E-state index is 13.0. The summed E-state index contributed by atoms with van der Waals surface area (Å²) < 4.78 is 11.6. The summed E-state index contributed by atoms with van der Waals surface area (Å²) in [4.78, 5) is 42.1. The number of fused-ring (bicyclic) bond motifs is 1. The normalized spacial score (nSPS) is 12.9. The molecular weight excluding hydrogens is 400 g/mol. The van der Waals surface area contributed by atoms with Crippen LogP contribution in [0, 0.1) is 0 Å². The third kappa shape index (κ3) is 5.07. The van der Waals surface area contributed by atoms with Gasteiger partial charge < -0.3 is 24.7 Å². The minimum absolute atomic E-state index is 0.0630. The van der Waals surface area contributed by atoms with Crippen LogP contribution in [0.1, 0.15) is 24.2 Å². The molecule has 0 unspecified atom stereocenters. The Balaban J connectivity index is 1.99. The summed E-state index contributed by atoms with van der Waals surface area (Å²) in [6, 6.07) is 9.96. The van der Waals surface area contributed by atoms with Crippen molar-refractivity contribution in [2.45, 2.75) is 20.4 Å². The highest BCUT2D eigenvalue weighted by Gasteiger charge is 2.26. The molecule has 2 heterocycles. The maximum absolute atomic E-state index is 13.0. The molecule has 1 aliphatic heterocycles. The number of para-hydroxylation sites is 2. The molecule has 162 valence electrons. The van der Waals surface area contributed by atoms with Crippen LogP contribution in [0.3, 0.4) is 0 Å². The van der Waals surface area contributed by atoms with Crippen molar-refractivity contribution in [2.24, 2.45) is 4.99 Å². The van der Waals surface area contributed by atoms with Crippen LogP contribution in [-0.2, 0) is 20.8 Å². The predicted octanol–water partition coefficient (Wildman–Crippen LogP) is 2.22. The second kappa shape index (κ2) is 9.86. The van der Waals surface area contributed by atoms with Gasteiger partial charge in [-0.2, -0.15) is 0 Å². The van der Waals surface area contributed by atoms with Crippen molar-refractivity contribution >= 4 is 29.1 Å². The SMILES string of the molecule is CCOC(=O)C1=C(C)Nc2ccccc2N=C1NC(=O)c1ccc(=O)n(CCOC)c1. The third-order valence-corrected chi connectivity index (χ3v) is 4.56. The van der Waals surface area contributed by atoms with Gasteiger partial charge in [-0.05, 0) is 32.0 Å². The standard InChI is InChI=1S/C22H24N4O5/c1-4-31-22(29)19-14(2)23-16-7-5-6-8-17(16)24-20(19)25-21(28)15-9-10-18(27)26(13-15)11-12-30-3/h5-10,13,23H,4,11-12H2,1-3H3,(H,24,25,28). The topological polar surface area (TPSA) is 111 Å². The summed E-state index contributed by atoms with van der Waals surface area (Å²) in [5.74, 6) is -1.06. The Morgan fingerprint density at radius 3 is 2.71 bits per heavy atom. The van der Waals surface area contributed by atoms with Gasteiger partial charge in [0.25, 0.3) is 11.5 Å². The van der Waals surface area contributed by atoms with Crippen molar-refractivity contribution < 1.29 is 19.1 Å². The smallest absolute Gasteiger partial charge is 0.343 e. The van der Waals surface area contributed by atoms with E-state index in [1.165, 1.54) is 30.0 Å². The molecule has 1 aromatic heterocycles. The van der Waals surface area contributed by atoms with Gasteiger partial charge >= 0.3 is 5.97 Å². The van der Waals surface area contributed by atoms with Crippen molar-refractivity contribution in [1.29, 1.82) is 0 Å². The number of esters is 1. The highest BCUT2D eigenvalue weighted by molar-refractivity contribution is 6.25. The summed E-state index contributed by atoms with van der Waals surface area (Å²) in [5.41, 5.74) is 1.86. The zero-order valence-corrected chi connectivity index (χ0v) is 17.6. The van der Waals surface area contributed by atoms with Gasteiger partial charge in [-0.15, -0.1) is 0 Å². The van der Waals surface area contributed by atoms with Crippen LogP contribution in [-0.4, -0.2) is 42.6 Å². The summed E-state index contributed by atoms with van der Waals surface area (Å²) in [6.45, 7) is 4.22. The molecule has 0 saturated heterocycles. The first-order valence-electron chi connectivity index (χ1n) is 9.78. The number of nitrogens with zero attached hydrogens (tertiary/aromatic N) is 2. The molecule has 0 radical (unpaired) electrons. The van der Waals surface area contributed by atoms with E-state index in [-0.39, 0.29) is 29.1 Å². The van der Waals surface area contributed by atoms with E-state index >= 15 is 0 Å². The van der Waals surface area contributed by atoms with Crippen LogP contribution in [0.5, 0.6) is 0 Å². The number of pyridine rings is 1. The molecule has 1 aromatic carbocycles. The molecule has 0 atom stereocenters. The first-order valence-corrected chi connectivity index (χ1v) is 9.78. The number of carbonyl (C=O) groups is 2. The first-order chi connectivity index (χ1) is 14.9. The van der Waals surface area contributed by atoms with Crippen molar-refractivity contribution in [3.05, 3.63) is 69.8 Å².